The standard InChI is InChI=1S/C15H9ClF2N2O/c16-10-3-1-9(2-4-10)13-8-20(15(21)19-13)14-6-5-11(17)7-12(14)18/h1-8H,(H,19,21). The van der Waals surface area contributed by atoms with Crippen molar-refractivity contribution in [1.82, 2.24) is 9.55 Å². The van der Waals surface area contributed by atoms with Crippen molar-refractivity contribution in [3.63, 3.8) is 0 Å². The summed E-state index contributed by atoms with van der Waals surface area (Å²) >= 11 is 5.80. The molecule has 0 atom stereocenters. The number of aromatic amines is 1. The molecule has 0 saturated carbocycles. The molecule has 106 valence electrons. The molecule has 0 fully saturated rings. The number of H-pyrrole nitrogens is 1. The lowest BCUT2D eigenvalue weighted by atomic mass is 10.2. The van der Waals surface area contributed by atoms with Crippen LogP contribution >= 0.6 is 11.6 Å². The summed E-state index contributed by atoms with van der Waals surface area (Å²) in [5.74, 6) is -1.50. The van der Waals surface area contributed by atoms with Gasteiger partial charge in [0, 0.05) is 17.3 Å². The molecule has 1 N–H and O–H groups in total. The van der Waals surface area contributed by atoms with Crippen LogP contribution in [0.4, 0.5) is 8.78 Å². The molecule has 0 spiro atoms. The van der Waals surface area contributed by atoms with Crippen LogP contribution in [-0.4, -0.2) is 9.55 Å². The summed E-state index contributed by atoms with van der Waals surface area (Å²) in [6.45, 7) is 0. The first kappa shape index (κ1) is 13.6. The van der Waals surface area contributed by atoms with Gasteiger partial charge >= 0.3 is 5.69 Å². The predicted molar refractivity (Wildman–Crippen MR) is 76.8 cm³/mol. The maximum atomic E-state index is 13.7. The molecule has 0 amide bonds. The van der Waals surface area contributed by atoms with Gasteiger partial charge in [0.25, 0.3) is 0 Å². The molecule has 0 saturated heterocycles. The predicted octanol–water partition coefficient (Wildman–Crippen LogP) is 3.76. The quantitative estimate of drug-likeness (QED) is 0.769. The van der Waals surface area contributed by atoms with Crippen LogP contribution in [0.25, 0.3) is 16.9 Å². The van der Waals surface area contributed by atoms with Crippen LogP contribution < -0.4 is 5.69 Å². The van der Waals surface area contributed by atoms with Gasteiger partial charge in [-0.25, -0.2) is 13.6 Å². The number of aromatic nitrogens is 2. The lowest BCUT2D eigenvalue weighted by Crippen LogP contribution is -2.15. The van der Waals surface area contributed by atoms with Gasteiger partial charge < -0.3 is 4.98 Å². The molecular formula is C15H9ClF2N2O. The Morgan fingerprint density at radius 3 is 2.43 bits per heavy atom. The number of rotatable bonds is 2. The minimum atomic E-state index is -0.807. The average molecular weight is 307 g/mol. The van der Waals surface area contributed by atoms with Crippen molar-refractivity contribution in [3.8, 4) is 16.9 Å². The van der Waals surface area contributed by atoms with Crippen molar-refractivity contribution in [2.45, 2.75) is 0 Å². The van der Waals surface area contributed by atoms with Crippen LogP contribution in [0.3, 0.4) is 0 Å². The zero-order valence-electron chi connectivity index (χ0n) is 10.6. The highest BCUT2D eigenvalue weighted by Crippen LogP contribution is 2.20. The monoisotopic (exact) mass is 306 g/mol. The number of benzene rings is 2. The van der Waals surface area contributed by atoms with Crippen molar-refractivity contribution >= 4 is 11.6 Å². The smallest absolute Gasteiger partial charge is 0.305 e. The maximum absolute atomic E-state index is 13.7. The SMILES string of the molecule is O=c1[nH]c(-c2ccc(Cl)cc2)cn1-c1ccc(F)cc1F. The summed E-state index contributed by atoms with van der Waals surface area (Å²) < 4.78 is 27.8. The molecule has 0 bridgehead atoms. The third kappa shape index (κ3) is 2.60. The molecule has 21 heavy (non-hydrogen) atoms. The van der Waals surface area contributed by atoms with Gasteiger partial charge in [-0.2, -0.15) is 0 Å². The van der Waals surface area contributed by atoms with E-state index in [-0.39, 0.29) is 5.69 Å². The van der Waals surface area contributed by atoms with Crippen molar-refractivity contribution in [2.75, 3.05) is 0 Å². The topological polar surface area (TPSA) is 37.8 Å². The van der Waals surface area contributed by atoms with Crippen LogP contribution in [0, 0.1) is 11.6 Å². The molecule has 0 aliphatic rings. The number of nitrogens with one attached hydrogen (secondary N) is 1. The van der Waals surface area contributed by atoms with Gasteiger partial charge in [0.05, 0.1) is 11.4 Å². The third-order valence-corrected chi connectivity index (χ3v) is 3.30. The van der Waals surface area contributed by atoms with Gasteiger partial charge in [-0.05, 0) is 29.8 Å². The Balaban J connectivity index is 2.09. The third-order valence-electron chi connectivity index (χ3n) is 3.04. The van der Waals surface area contributed by atoms with Gasteiger partial charge in [-0.3, -0.25) is 4.57 Å². The van der Waals surface area contributed by atoms with E-state index in [2.05, 4.69) is 4.98 Å². The molecular weight excluding hydrogens is 298 g/mol. The molecule has 3 rings (SSSR count). The van der Waals surface area contributed by atoms with E-state index in [4.69, 9.17) is 11.6 Å². The van der Waals surface area contributed by atoms with Gasteiger partial charge in [0.15, 0.2) is 0 Å². The number of imidazole rings is 1. The minimum Gasteiger partial charge on any atom is -0.305 e. The van der Waals surface area contributed by atoms with Crippen LogP contribution in [0.5, 0.6) is 0 Å². The fourth-order valence-electron chi connectivity index (χ4n) is 2.03. The average Bonchev–Trinajstić information content (AvgIpc) is 2.81. The molecule has 2 aromatic carbocycles. The molecule has 1 heterocycles. The fraction of sp³-hybridized carbons (Fsp3) is 0. The van der Waals surface area contributed by atoms with Gasteiger partial charge in [0.2, 0.25) is 0 Å². The van der Waals surface area contributed by atoms with E-state index in [9.17, 15) is 13.6 Å². The molecule has 3 nitrogen and oxygen atoms in total. The molecule has 0 unspecified atom stereocenters. The van der Waals surface area contributed by atoms with Gasteiger partial charge in [-0.1, -0.05) is 23.7 Å². The Hall–Kier alpha value is -2.40. The highest BCUT2D eigenvalue weighted by molar-refractivity contribution is 6.30. The molecule has 3 aromatic rings. The Bertz CT molecular complexity index is 853. The summed E-state index contributed by atoms with van der Waals surface area (Å²) in [6, 6.07) is 9.88. The second kappa shape index (κ2) is 5.18. The van der Waals surface area contributed by atoms with Gasteiger partial charge in [0.1, 0.15) is 11.6 Å². The maximum Gasteiger partial charge on any atom is 0.330 e. The first-order chi connectivity index (χ1) is 10.0. The van der Waals surface area contributed by atoms with Crippen LogP contribution in [0.1, 0.15) is 0 Å². The van der Waals surface area contributed by atoms with Crippen molar-refractivity contribution in [2.24, 2.45) is 0 Å². The number of hydrogen-bond donors (Lipinski definition) is 1. The number of hydrogen-bond acceptors (Lipinski definition) is 1. The molecule has 0 radical (unpaired) electrons. The van der Waals surface area contributed by atoms with E-state index >= 15 is 0 Å². The van der Waals surface area contributed by atoms with Crippen LogP contribution in [0.15, 0.2) is 53.5 Å². The summed E-state index contributed by atoms with van der Waals surface area (Å²) in [6.07, 6.45) is 1.46. The normalized spacial score (nSPS) is 10.8. The molecule has 1 aromatic heterocycles. The summed E-state index contributed by atoms with van der Waals surface area (Å²) in [7, 11) is 0. The zero-order chi connectivity index (χ0) is 15.0. The summed E-state index contributed by atoms with van der Waals surface area (Å²) in [5.41, 5.74) is 0.724. The van der Waals surface area contributed by atoms with E-state index in [0.29, 0.717) is 10.7 Å². The van der Waals surface area contributed by atoms with Crippen LogP contribution in [-0.2, 0) is 0 Å². The first-order valence-electron chi connectivity index (χ1n) is 6.07. The van der Waals surface area contributed by atoms with Gasteiger partial charge in [-0.15, -0.1) is 0 Å². The van der Waals surface area contributed by atoms with E-state index in [1.54, 1.807) is 24.3 Å². The lowest BCUT2D eigenvalue weighted by Gasteiger charge is -2.02. The van der Waals surface area contributed by atoms with E-state index in [1.807, 2.05) is 0 Å². The lowest BCUT2D eigenvalue weighted by molar-refractivity contribution is 0.577. The summed E-state index contributed by atoms with van der Waals surface area (Å²) in [5, 5.41) is 0.574. The largest absolute Gasteiger partial charge is 0.330 e. The Kier molecular flexibility index (Phi) is 3.35. The Morgan fingerprint density at radius 1 is 1.05 bits per heavy atom. The second-order valence-electron chi connectivity index (χ2n) is 4.45. The molecule has 0 aliphatic carbocycles. The highest BCUT2D eigenvalue weighted by atomic mass is 35.5. The second-order valence-corrected chi connectivity index (χ2v) is 4.88. The van der Waals surface area contributed by atoms with Crippen molar-refractivity contribution < 1.29 is 8.78 Å². The van der Waals surface area contributed by atoms with Crippen LogP contribution in [0.2, 0.25) is 5.02 Å². The Labute approximate surface area is 123 Å². The van der Waals surface area contributed by atoms with E-state index in [0.717, 1.165) is 22.3 Å². The molecule has 0 aliphatic heterocycles. The fourth-order valence-corrected chi connectivity index (χ4v) is 2.15. The first-order valence-corrected chi connectivity index (χ1v) is 6.45. The minimum absolute atomic E-state index is 0.0159. The van der Waals surface area contributed by atoms with E-state index in [1.165, 1.54) is 12.3 Å². The molecule has 6 heteroatoms. The van der Waals surface area contributed by atoms with Crippen molar-refractivity contribution in [1.29, 1.82) is 0 Å². The number of nitrogens with zero attached hydrogens (tertiary/aromatic N) is 1. The Morgan fingerprint density at radius 2 is 1.76 bits per heavy atom. The zero-order valence-corrected chi connectivity index (χ0v) is 11.4. The summed E-state index contributed by atoms with van der Waals surface area (Å²) in [4.78, 5) is 14.6. The van der Waals surface area contributed by atoms with E-state index < -0.39 is 17.3 Å². The number of halogens is 3. The highest BCUT2D eigenvalue weighted by Gasteiger charge is 2.11. The van der Waals surface area contributed by atoms with Crippen molar-refractivity contribution in [3.05, 3.63) is 75.8 Å².